The molecule has 4 heteroatoms. The van der Waals surface area contributed by atoms with Crippen LogP contribution in [0.3, 0.4) is 0 Å². The maximum absolute atomic E-state index is 9.86. The van der Waals surface area contributed by atoms with Crippen LogP contribution in [0.2, 0.25) is 0 Å². The van der Waals surface area contributed by atoms with E-state index in [2.05, 4.69) is 28.7 Å². The smallest absolute Gasteiger partial charge is 0.381 e. The summed E-state index contributed by atoms with van der Waals surface area (Å²) in [5.74, 6) is 3.61. The molecule has 2 N–H and O–H groups in total. The molecule has 0 saturated carbocycles. The predicted molar refractivity (Wildman–Crippen MR) is 58.1 cm³/mol. The molecule has 0 amide bonds. The lowest BCUT2D eigenvalue weighted by Gasteiger charge is -1.87. The number of rotatable bonds is 3. The largest absolute Gasteiger partial charge is 0.472 e. The predicted octanol–water partition coefficient (Wildman–Crippen LogP) is 2.06. The number of hydrogen-bond donors (Lipinski definition) is 2. The van der Waals surface area contributed by atoms with Crippen molar-refractivity contribution in [3.63, 3.8) is 0 Å². The van der Waals surface area contributed by atoms with Crippen LogP contribution in [-0.2, 0) is 4.79 Å². The second-order valence-electron chi connectivity index (χ2n) is 2.82. The zero-order valence-electron chi connectivity index (χ0n) is 8.86. The summed E-state index contributed by atoms with van der Waals surface area (Å²) in [5, 5.41) is 8.10. The number of imidazole rings is 1. The van der Waals surface area contributed by atoms with Crippen LogP contribution in [0.5, 0.6) is 0 Å². The zero-order valence-corrected chi connectivity index (χ0v) is 8.86. The van der Waals surface area contributed by atoms with Crippen molar-refractivity contribution < 1.29 is 9.90 Å². The molecule has 0 unspecified atom stereocenters. The van der Waals surface area contributed by atoms with E-state index in [1.807, 2.05) is 0 Å². The quantitative estimate of drug-likeness (QED) is 0.590. The van der Waals surface area contributed by atoms with Gasteiger partial charge in [0.15, 0.2) is 0 Å². The van der Waals surface area contributed by atoms with Crippen molar-refractivity contribution in [1.29, 1.82) is 0 Å². The van der Waals surface area contributed by atoms with Gasteiger partial charge >= 0.3 is 5.97 Å². The third-order valence-electron chi connectivity index (χ3n) is 1.51. The van der Waals surface area contributed by atoms with Crippen molar-refractivity contribution in [2.45, 2.75) is 32.6 Å². The Morgan fingerprint density at radius 2 is 2.33 bits per heavy atom. The molecule has 1 heterocycles. The van der Waals surface area contributed by atoms with Gasteiger partial charge < -0.3 is 10.1 Å². The molecule has 82 valence electrons. The number of carboxylic acids is 1. The molecular formula is C11H16N2O2. The Morgan fingerprint density at radius 1 is 1.53 bits per heavy atom. The van der Waals surface area contributed by atoms with Gasteiger partial charge in [0.05, 0.1) is 6.33 Å². The first-order valence-corrected chi connectivity index (χ1v) is 4.92. The molecule has 0 aliphatic carbocycles. The van der Waals surface area contributed by atoms with Gasteiger partial charge in [-0.3, -0.25) is 0 Å². The Labute approximate surface area is 89.7 Å². The summed E-state index contributed by atoms with van der Waals surface area (Å²) in [6.45, 7) is 2.10. The van der Waals surface area contributed by atoms with Crippen molar-refractivity contribution in [1.82, 2.24) is 9.97 Å². The summed E-state index contributed by atoms with van der Waals surface area (Å²) < 4.78 is 0. The number of aromatic amines is 1. The van der Waals surface area contributed by atoms with E-state index in [1.165, 1.54) is 0 Å². The molecule has 0 spiro atoms. The third-order valence-corrected chi connectivity index (χ3v) is 1.51. The van der Waals surface area contributed by atoms with E-state index in [9.17, 15) is 4.79 Å². The number of aliphatic carboxylic acids is 1. The van der Waals surface area contributed by atoms with E-state index in [0.29, 0.717) is 6.42 Å². The van der Waals surface area contributed by atoms with Crippen LogP contribution in [0.4, 0.5) is 0 Å². The standard InChI is InChI=1S/C8H12O2.C3H4N2/c1-2-3-4-5-6-7-8(9)10;1-2-5-3-4-1/h2-5H2,1H3,(H,9,10);1-3H,(H,4,5). The van der Waals surface area contributed by atoms with Gasteiger partial charge in [0.25, 0.3) is 0 Å². The molecule has 0 bridgehead atoms. The molecule has 1 aromatic heterocycles. The maximum atomic E-state index is 9.86. The molecule has 0 aliphatic heterocycles. The van der Waals surface area contributed by atoms with Gasteiger partial charge in [0, 0.05) is 24.7 Å². The molecule has 15 heavy (non-hydrogen) atoms. The second-order valence-corrected chi connectivity index (χ2v) is 2.82. The Kier molecular flexibility index (Phi) is 9.11. The minimum Gasteiger partial charge on any atom is -0.472 e. The molecule has 0 aromatic carbocycles. The van der Waals surface area contributed by atoms with E-state index < -0.39 is 5.97 Å². The highest BCUT2D eigenvalue weighted by molar-refractivity contribution is 5.86. The number of nitrogens with zero attached hydrogens (tertiary/aromatic N) is 1. The number of carbonyl (C=O) groups is 1. The van der Waals surface area contributed by atoms with Gasteiger partial charge in [0.2, 0.25) is 0 Å². The van der Waals surface area contributed by atoms with Crippen molar-refractivity contribution in [3.05, 3.63) is 18.7 Å². The third kappa shape index (κ3) is 12.2. The van der Waals surface area contributed by atoms with Gasteiger partial charge in [-0.2, -0.15) is 0 Å². The van der Waals surface area contributed by atoms with Crippen LogP contribution < -0.4 is 0 Å². The highest BCUT2D eigenvalue weighted by Gasteiger charge is 1.83. The zero-order chi connectivity index (χ0) is 11.4. The lowest BCUT2D eigenvalue weighted by Crippen LogP contribution is -1.86. The number of nitrogens with one attached hydrogen (secondary N) is 1. The molecule has 0 aliphatic rings. The summed E-state index contributed by atoms with van der Waals surface area (Å²) in [4.78, 5) is 16.3. The van der Waals surface area contributed by atoms with Crippen LogP contribution in [0.15, 0.2) is 18.7 Å². The highest BCUT2D eigenvalue weighted by Crippen LogP contribution is 1.96. The van der Waals surface area contributed by atoms with Crippen LogP contribution in [-0.4, -0.2) is 21.0 Å². The summed E-state index contributed by atoms with van der Waals surface area (Å²) in [5.41, 5.74) is 0. The fourth-order valence-electron chi connectivity index (χ4n) is 0.817. The SMILES string of the molecule is CCCCCC#CC(=O)O.c1c[nH]cn1. The van der Waals surface area contributed by atoms with E-state index in [4.69, 9.17) is 5.11 Å². The fraction of sp³-hybridized carbons (Fsp3) is 0.455. The van der Waals surface area contributed by atoms with Gasteiger partial charge in [-0.1, -0.05) is 25.7 Å². The lowest BCUT2D eigenvalue weighted by atomic mass is 10.2. The molecule has 1 aromatic rings. The second kappa shape index (κ2) is 10.3. The topological polar surface area (TPSA) is 66.0 Å². The molecule has 0 radical (unpaired) electrons. The number of hydrogen-bond acceptors (Lipinski definition) is 2. The summed E-state index contributed by atoms with van der Waals surface area (Å²) >= 11 is 0. The number of H-pyrrole nitrogens is 1. The number of unbranched alkanes of at least 4 members (excludes halogenated alkanes) is 3. The first-order valence-electron chi connectivity index (χ1n) is 4.92. The van der Waals surface area contributed by atoms with Crippen molar-refractivity contribution >= 4 is 5.97 Å². The summed E-state index contributed by atoms with van der Waals surface area (Å²) in [7, 11) is 0. The Hall–Kier alpha value is -1.76. The van der Waals surface area contributed by atoms with Gasteiger partial charge in [-0.05, 0) is 6.42 Å². The van der Waals surface area contributed by atoms with Crippen LogP contribution >= 0.6 is 0 Å². The minimum absolute atomic E-state index is 0.708. The molecule has 1 rings (SSSR count). The normalized spacial score (nSPS) is 8.07. The average molecular weight is 208 g/mol. The molecular weight excluding hydrogens is 192 g/mol. The van der Waals surface area contributed by atoms with E-state index >= 15 is 0 Å². The first kappa shape index (κ1) is 13.2. The first-order chi connectivity index (χ1) is 7.27. The number of carboxylic acid groups (broad SMARTS) is 1. The van der Waals surface area contributed by atoms with Crippen LogP contribution in [0.25, 0.3) is 0 Å². The van der Waals surface area contributed by atoms with Crippen molar-refractivity contribution in [2.75, 3.05) is 0 Å². The number of aromatic nitrogens is 2. The van der Waals surface area contributed by atoms with Gasteiger partial charge in [-0.25, -0.2) is 9.78 Å². The summed E-state index contributed by atoms with van der Waals surface area (Å²) in [6.07, 6.45) is 9.08. The van der Waals surface area contributed by atoms with Crippen LogP contribution in [0.1, 0.15) is 32.6 Å². The van der Waals surface area contributed by atoms with Crippen molar-refractivity contribution in [2.24, 2.45) is 0 Å². The van der Waals surface area contributed by atoms with Crippen LogP contribution in [0, 0.1) is 11.8 Å². The highest BCUT2D eigenvalue weighted by atomic mass is 16.4. The average Bonchev–Trinajstić information content (AvgIpc) is 2.75. The maximum Gasteiger partial charge on any atom is 0.381 e. The Morgan fingerprint density at radius 3 is 2.73 bits per heavy atom. The molecule has 0 atom stereocenters. The van der Waals surface area contributed by atoms with Gasteiger partial charge in [0.1, 0.15) is 0 Å². The molecule has 4 nitrogen and oxygen atoms in total. The van der Waals surface area contributed by atoms with Gasteiger partial charge in [-0.15, -0.1) is 0 Å². The van der Waals surface area contributed by atoms with E-state index in [1.54, 1.807) is 18.7 Å². The fourth-order valence-corrected chi connectivity index (χ4v) is 0.817. The van der Waals surface area contributed by atoms with Crippen molar-refractivity contribution in [3.8, 4) is 11.8 Å². The Balaban J connectivity index is 0.000000322. The molecule has 0 saturated heterocycles. The lowest BCUT2D eigenvalue weighted by molar-refractivity contribution is -0.130. The van der Waals surface area contributed by atoms with E-state index in [0.717, 1.165) is 19.3 Å². The van der Waals surface area contributed by atoms with E-state index in [-0.39, 0.29) is 0 Å². The molecule has 0 fully saturated rings. The minimum atomic E-state index is -1.03. The summed E-state index contributed by atoms with van der Waals surface area (Å²) in [6, 6.07) is 0. The Bertz CT molecular complexity index is 279. The monoisotopic (exact) mass is 208 g/mol.